The Morgan fingerprint density at radius 2 is 2.06 bits per heavy atom. The van der Waals surface area contributed by atoms with E-state index in [1.54, 1.807) is 24.3 Å². The van der Waals surface area contributed by atoms with Gasteiger partial charge in [-0.2, -0.15) is 0 Å². The molecule has 0 aliphatic heterocycles. The molecular formula is C13H15NO4. The van der Waals surface area contributed by atoms with Crippen molar-refractivity contribution in [3.63, 3.8) is 0 Å². The molecule has 1 amide bonds. The summed E-state index contributed by atoms with van der Waals surface area (Å²) in [4.78, 5) is 21.6. The van der Waals surface area contributed by atoms with Crippen LogP contribution < -0.4 is 10.1 Å². The zero-order valence-corrected chi connectivity index (χ0v) is 10.2. The fourth-order valence-corrected chi connectivity index (χ4v) is 1.25. The smallest absolute Gasteiger partial charge is 0.328 e. The highest BCUT2D eigenvalue weighted by Gasteiger charge is 2.02. The summed E-state index contributed by atoms with van der Waals surface area (Å²) in [5, 5.41) is 10.9. The van der Waals surface area contributed by atoms with Gasteiger partial charge in [0.15, 0.2) is 0 Å². The van der Waals surface area contributed by atoms with Crippen LogP contribution in [-0.4, -0.2) is 23.1 Å². The standard InChI is InChI=1S/C13H15NO4/c1-9(2)18-11-5-3-4-10(8-11)14-12(15)6-7-13(16)17/h3-9H,1-2H3,(H,14,15)(H,16,17)/b7-6+. The van der Waals surface area contributed by atoms with Gasteiger partial charge in [-0.05, 0) is 26.0 Å². The van der Waals surface area contributed by atoms with E-state index >= 15 is 0 Å². The van der Waals surface area contributed by atoms with E-state index in [0.717, 1.165) is 12.2 Å². The van der Waals surface area contributed by atoms with Crippen molar-refractivity contribution in [2.75, 3.05) is 5.32 Å². The lowest BCUT2D eigenvalue weighted by molar-refractivity contribution is -0.131. The maximum absolute atomic E-state index is 11.3. The second-order valence-corrected chi connectivity index (χ2v) is 3.86. The van der Waals surface area contributed by atoms with Crippen LogP contribution in [0.15, 0.2) is 36.4 Å². The van der Waals surface area contributed by atoms with E-state index in [4.69, 9.17) is 9.84 Å². The van der Waals surface area contributed by atoms with Gasteiger partial charge >= 0.3 is 5.97 Å². The number of carbonyl (C=O) groups is 2. The third kappa shape index (κ3) is 5.16. The Labute approximate surface area is 105 Å². The number of carboxylic acids is 1. The molecule has 0 unspecified atom stereocenters. The average Bonchev–Trinajstić information content (AvgIpc) is 2.26. The Morgan fingerprint density at radius 1 is 1.33 bits per heavy atom. The molecule has 0 bridgehead atoms. The molecule has 96 valence electrons. The third-order valence-electron chi connectivity index (χ3n) is 1.85. The molecule has 0 saturated carbocycles. The predicted molar refractivity (Wildman–Crippen MR) is 67.6 cm³/mol. The highest BCUT2D eigenvalue weighted by Crippen LogP contribution is 2.18. The summed E-state index contributed by atoms with van der Waals surface area (Å²) in [6, 6.07) is 6.89. The number of hydrogen-bond donors (Lipinski definition) is 2. The van der Waals surface area contributed by atoms with Crippen molar-refractivity contribution in [3.05, 3.63) is 36.4 Å². The van der Waals surface area contributed by atoms with Crippen molar-refractivity contribution in [1.82, 2.24) is 0 Å². The first-order valence-electron chi connectivity index (χ1n) is 5.46. The molecule has 0 aliphatic carbocycles. The number of benzene rings is 1. The Balaban J connectivity index is 2.67. The first-order valence-corrected chi connectivity index (χ1v) is 5.46. The van der Waals surface area contributed by atoms with Gasteiger partial charge in [0.05, 0.1) is 6.10 Å². The Hall–Kier alpha value is -2.30. The van der Waals surface area contributed by atoms with Crippen molar-refractivity contribution >= 4 is 17.6 Å². The molecule has 5 nitrogen and oxygen atoms in total. The molecule has 1 rings (SSSR count). The van der Waals surface area contributed by atoms with Crippen LogP contribution in [-0.2, 0) is 9.59 Å². The van der Waals surface area contributed by atoms with Gasteiger partial charge in [-0.1, -0.05) is 6.07 Å². The summed E-state index contributed by atoms with van der Waals surface area (Å²) < 4.78 is 5.47. The van der Waals surface area contributed by atoms with Gasteiger partial charge in [0, 0.05) is 23.9 Å². The summed E-state index contributed by atoms with van der Waals surface area (Å²) in [6.07, 6.45) is 1.78. The molecule has 0 fully saturated rings. The van der Waals surface area contributed by atoms with Gasteiger partial charge in [-0.15, -0.1) is 0 Å². The predicted octanol–water partition coefficient (Wildman–Crippen LogP) is 2.05. The molecule has 0 heterocycles. The zero-order valence-electron chi connectivity index (χ0n) is 10.2. The van der Waals surface area contributed by atoms with Crippen LogP contribution in [0.3, 0.4) is 0 Å². The van der Waals surface area contributed by atoms with Gasteiger partial charge in [0.1, 0.15) is 5.75 Å². The van der Waals surface area contributed by atoms with Crippen molar-refractivity contribution in [3.8, 4) is 5.75 Å². The van der Waals surface area contributed by atoms with Crippen LogP contribution in [0.1, 0.15) is 13.8 Å². The number of carbonyl (C=O) groups excluding carboxylic acids is 1. The molecular weight excluding hydrogens is 234 g/mol. The Kier molecular flexibility index (Phi) is 4.92. The summed E-state index contributed by atoms with van der Waals surface area (Å²) in [6.45, 7) is 3.81. The number of rotatable bonds is 5. The molecule has 18 heavy (non-hydrogen) atoms. The first-order chi connectivity index (χ1) is 8.47. The number of aliphatic carboxylic acids is 1. The fourth-order valence-electron chi connectivity index (χ4n) is 1.25. The third-order valence-corrected chi connectivity index (χ3v) is 1.85. The van der Waals surface area contributed by atoms with Crippen LogP contribution in [0.4, 0.5) is 5.69 Å². The SMILES string of the molecule is CC(C)Oc1cccc(NC(=O)/C=C/C(=O)O)c1. The lowest BCUT2D eigenvalue weighted by Gasteiger charge is -2.10. The largest absolute Gasteiger partial charge is 0.491 e. The van der Waals surface area contributed by atoms with Crippen LogP contribution in [0.5, 0.6) is 5.75 Å². The number of anilines is 1. The summed E-state index contributed by atoms with van der Waals surface area (Å²) in [5.74, 6) is -1.02. The number of nitrogens with one attached hydrogen (secondary N) is 1. The van der Waals surface area contributed by atoms with Crippen molar-refractivity contribution in [2.24, 2.45) is 0 Å². The summed E-state index contributed by atoms with van der Waals surface area (Å²) in [7, 11) is 0. The molecule has 0 atom stereocenters. The second kappa shape index (κ2) is 6.44. The van der Waals surface area contributed by atoms with Gasteiger partial charge in [0.25, 0.3) is 0 Å². The minimum absolute atomic E-state index is 0.0443. The fraction of sp³-hybridized carbons (Fsp3) is 0.231. The maximum Gasteiger partial charge on any atom is 0.328 e. The van der Waals surface area contributed by atoms with E-state index in [9.17, 15) is 9.59 Å². The topological polar surface area (TPSA) is 75.6 Å². The monoisotopic (exact) mass is 249 g/mol. The van der Waals surface area contributed by atoms with Crippen molar-refractivity contribution < 1.29 is 19.4 Å². The van der Waals surface area contributed by atoms with E-state index in [1.807, 2.05) is 13.8 Å². The lowest BCUT2D eigenvalue weighted by atomic mass is 10.3. The average molecular weight is 249 g/mol. The minimum Gasteiger partial charge on any atom is -0.491 e. The molecule has 0 aromatic heterocycles. The van der Waals surface area contributed by atoms with Crippen molar-refractivity contribution in [1.29, 1.82) is 0 Å². The lowest BCUT2D eigenvalue weighted by Crippen LogP contribution is -2.09. The highest BCUT2D eigenvalue weighted by molar-refractivity contribution is 6.02. The van der Waals surface area contributed by atoms with E-state index in [2.05, 4.69) is 5.32 Å². The van der Waals surface area contributed by atoms with E-state index in [1.165, 1.54) is 0 Å². The molecule has 0 spiro atoms. The van der Waals surface area contributed by atoms with Crippen LogP contribution in [0.2, 0.25) is 0 Å². The van der Waals surface area contributed by atoms with Crippen molar-refractivity contribution in [2.45, 2.75) is 20.0 Å². The van der Waals surface area contributed by atoms with E-state index in [0.29, 0.717) is 11.4 Å². The quantitative estimate of drug-likeness (QED) is 0.783. The zero-order chi connectivity index (χ0) is 13.5. The number of ether oxygens (including phenoxy) is 1. The highest BCUT2D eigenvalue weighted by atomic mass is 16.5. The molecule has 1 aromatic rings. The maximum atomic E-state index is 11.3. The molecule has 2 N–H and O–H groups in total. The molecule has 5 heteroatoms. The van der Waals surface area contributed by atoms with Gasteiger partial charge in [-0.25, -0.2) is 4.79 Å². The number of carboxylic acid groups (broad SMARTS) is 1. The minimum atomic E-state index is -1.16. The van der Waals surface area contributed by atoms with E-state index < -0.39 is 11.9 Å². The number of amides is 1. The molecule has 1 aromatic carbocycles. The summed E-state index contributed by atoms with van der Waals surface area (Å²) in [5.41, 5.74) is 0.549. The second-order valence-electron chi connectivity index (χ2n) is 3.86. The molecule has 0 aliphatic rings. The number of hydrogen-bond acceptors (Lipinski definition) is 3. The van der Waals surface area contributed by atoms with Crippen LogP contribution in [0, 0.1) is 0 Å². The van der Waals surface area contributed by atoms with Gasteiger partial charge in [-0.3, -0.25) is 4.79 Å². The Morgan fingerprint density at radius 3 is 2.67 bits per heavy atom. The van der Waals surface area contributed by atoms with Crippen LogP contribution in [0.25, 0.3) is 0 Å². The van der Waals surface area contributed by atoms with Gasteiger partial charge in [0.2, 0.25) is 5.91 Å². The molecule has 0 radical (unpaired) electrons. The van der Waals surface area contributed by atoms with Crippen LogP contribution >= 0.6 is 0 Å². The van der Waals surface area contributed by atoms with Gasteiger partial charge < -0.3 is 15.2 Å². The van der Waals surface area contributed by atoms with E-state index in [-0.39, 0.29) is 6.10 Å². The normalized spacial score (nSPS) is 10.6. The Bertz CT molecular complexity index is 466. The first kappa shape index (κ1) is 13.8. The molecule has 0 saturated heterocycles. The summed E-state index contributed by atoms with van der Waals surface area (Å²) >= 11 is 0.